The molecule has 0 bridgehead atoms. The van der Waals surface area contributed by atoms with Gasteiger partial charge in [-0.2, -0.15) is 0 Å². The minimum atomic E-state index is -1.05. The molecule has 0 aromatic heterocycles. The van der Waals surface area contributed by atoms with Crippen LogP contribution >= 0.6 is 31.9 Å². The Morgan fingerprint density at radius 3 is 2.52 bits per heavy atom. The van der Waals surface area contributed by atoms with E-state index in [1.165, 1.54) is 6.07 Å². The van der Waals surface area contributed by atoms with E-state index < -0.39 is 5.97 Å². The van der Waals surface area contributed by atoms with Crippen LogP contribution < -0.4 is 5.32 Å². The zero-order valence-electron chi connectivity index (χ0n) is 10.8. The summed E-state index contributed by atoms with van der Waals surface area (Å²) in [7, 11) is 0. The van der Waals surface area contributed by atoms with Crippen LogP contribution in [0.1, 0.15) is 15.9 Å². The van der Waals surface area contributed by atoms with E-state index >= 15 is 0 Å². The van der Waals surface area contributed by atoms with Gasteiger partial charge in [0, 0.05) is 14.6 Å². The Labute approximate surface area is 138 Å². The summed E-state index contributed by atoms with van der Waals surface area (Å²) in [6, 6.07) is 12.1. The molecule has 1 amide bonds. The van der Waals surface area contributed by atoms with Crippen LogP contribution in [0.5, 0.6) is 0 Å². The van der Waals surface area contributed by atoms with Crippen molar-refractivity contribution in [1.29, 1.82) is 0 Å². The van der Waals surface area contributed by atoms with Crippen LogP contribution in [0.3, 0.4) is 0 Å². The molecule has 0 heterocycles. The van der Waals surface area contributed by atoms with Gasteiger partial charge >= 0.3 is 5.97 Å². The predicted molar refractivity (Wildman–Crippen MR) is 87.6 cm³/mol. The van der Waals surface area contributed by atoms with Crippen LogP contribution in [-0.2, 0) is 11.2 Å². The van der Waals surface area contributed by atoms with E-state index in [2.05, 4.69) is 37.2 Å². The van der Waals surface area contributed by atoms with E-state index in [1.54, 1.807) is 12.1 Å². The first kappa shape index (κ1) is 15.7. The molecular formula is C15H11Br2NO3. The SMILES string of the molecule is O=C(Cc1cccc(Br)c1)Nc1ccc(Br)c(C(=O)O)c1. The Hall–Kier alpha value is -1.66. The number of carbonyl (C=O) groups excluding carboxylic acids is 1. The highest BCUT2D eigenvalue weighted by Crippen LogP contribution is 2.21. The van der Waals surface area contributed by atoms with Gasteiger partial charge in [-0.25, -0.2) is 4.79 Å². The topological polar surface area (TPSA) is 66.4 Å². The monoisotopic (exact) mass is 411 g/mol. The summed E-state index contributed by atoms with van der Waals surface area (Å²) in [5.41, 5.74) is 1.43. The van der Waals surface area contributed by atoms with E-state index in [4.69, 9.17) is 5.11 Å². The summed E-state index contributed by atoms with van der Waals surface area (Å²) < 4.78 is 1.38. The minimum absolute atomic E-state index is 0.107. The second-order valence-corrected chi connectivity index (χ2v) is 6.12. The first-order valence-electron chi connectivity index (χ1n) is 6.03. The van der Waals surface area contributed by atoms with Crippen molar-refractivity contribution >= 4 is 49.4 Å². The second-order valence-electron chi connectivity index (χ2n) is 4.35. The van der Waals surface area contributed by atoms with Gasteiger partial charge in [0.2, 0.25) is 5.91 Å². The number of carbonyl (C=O) groups is 2. The Balaban J connectivity index is 2.09. The van der Waals surface area contributed by atoms with Crippen molar-refractivity contribution in [1.82, 2.24) is 0 Å². The lowest BCUT2D eigenvalue weighted by molar-refractivity contribution is -0.115. The fourth-order valence-corrected chi connectivity index (χ4v) is 2.67. The number of rotatable bonds is 4. The molecule has 108 valence electrons. The fourth-order valence-electron chi connectivity index (χ4n) is 1.80. The molecule has 0 unspecified atom stereocenters. The number of anilines is 1. The Morgan fingerprint density at radius 2 is 1.86 bits per heavy atom. The van der Waals surface area contributed by atoms with E-state index in [1.807, 2.05) is 24.3 Å². The van der Waals surface area contributed by atoms with E-state index in [-0.39, 0.29) is 17.9 Å². The largest absolute Gasteiger partial charge is 0.478 e. The molecule has 0 aliphatic heterocycles. The third kappa shape index (κ3) is 4.41. The molecule has 0 atom stereocenters. The summed E-state index contributed by atoms with van der Waals surface area (Å²) >= 11 is 6.51. The van der Waals surface area contributed by atoms with Crippen LogP contribution in [-0.4, -0.2) is 17.0 Å². The summed E-state index contributed by atoms with van der Waals surface area (Å²) in [5.74, 6) is -1.25. The first-order chi connectivity index (χ1) is 9.95. The van der Waals surface area contributed by atoms with Crippen molar-refractivity contribution in [2.45, 2.75) is 6.42 Å². The predicted octanol–water partition coefficient (Wildman–Crippen LogP) is 4.09. The van der Waals surface area contributed by atoms with Crippen molar-refractivity contribution < 1.29 is 14.7 Å². The number of amides is 1. The van der Waals surface area contributed by atoms with Crippen LogP contribution in [0.4, 0.5) is 5.69 Å². The van der Waals surface area contributed by atoms with Crippen LogP contribution in [0.2, 0.25) is 0 Å². The second kappa shape index (κ2) is 6.87. The summed E-state index contributed by atoms with van der Waals surface area (Å²) in [4.78, 5) is 23.0. The molecular weight excluding hydrogens is 402 g/mol. The standard InChI is InChI=1S/C15H11Br2NO3/c16-10-3-1-2-9(6-10)7-14(19)18-11-4-5-13(17)12(8-11)15(20)21/h1-6,8H,7H2,(H,18,19)(H,20,21). The number of halogens is 2. The number of nitrogens with one attached hydrogen (secondary N) is 1. The Kier molecular flexibility index (Phi) is 5.14. The van der Waals surface area contributed by atoms with Gasteiger partial charge < -0.3 is 10.4 Å². The van der Waals surface area contributed by atoms with Crippen molar-refractivity contribution in [3.63, 3.8) is 0 Å². The average molecular weight is 413 g/mol. The summed E-state index contributed by atoms with van der Waals surface area (Å²) in [5, 5.41) is 11.7. The Bertz CT molecular complexity index is 701. The van der Waals surface area contributed by atoms with Crippen molar-refractivity contribution in [3.05, 3.63) is 62.5 Å². The maximum absolute atomic E-state index is 12.0. The zero-order valence-corrected chi connectivity index (χ0v) is 13.9. The molecule has 0 spiro atoms. The number of hydrogen-bond donors (Lipinski definition) is 2. The lowest BCUT2D eigenvalue weighted by Gasteiger charge is -2.07. The van der Waals surface area contributed by atoms with Crippen molar-refractivity contribution in [3.8, 4) is 0 Å². The van der Waals surface area contributed by atoms with Gasteiger partial charge in [0.15, 0.2) is 0 Å². The van der Waals surface area contributed by atoms with Crippen LogP contribution in [0.15, 0.2) is 51.4 Å². The molecule has 0 saturated carbocycles. The molecule has 0 radical (unpaired) electrons. The van der Waals surface area contributed by atoms with Gasteiger partial charge in [0.05, 0.1) is 12.0 Å². The van der Waals surface area contributed by atoms with Gasteiger partial charge in [0.25, 0.3) is 0 Å². The van der Waals surface area contributed by atoms with E-state index in [0.717, 1.165) is 10.0 Å². The number of carboxylic acids is 1. The molecule has 0 saturated heterocycles. The lowest BCUT2D eigenvalue weighted by atomic mass is 10.1. The molecule has 4 nitrogen and oxygen atoms in total. The minimum Gasteiger partial charge on any atom is -0.478 e. The molecule has 2 rings (SSSR count). The molecule has 0 fully saturated rings. The normalized spacial score (nSPS) is 10.2. The molecule has 0 aliphatic carbocycles. The first-order valence-corrected chi connectivity index (χ1v) is 7.61. The molecule has 0 aliphatic rings. The van der Waals surface area contributed by atoms with Gasteiger partial charge in [-0.1, -0.05) is 28.1 Å². The lowest BCUT2D eigenvalue weighted by Crippen LogP contribution is -2.14. The molecule has 6 heteroatoms. The van der Waals surface area contributed by atoms with E-state index in [9.17, 15) is 9.59 Å². The van der Waals surface area contributed by atoms with Gasteiger partial charge in [-0.3, -0.25) is 4.79 Å². The molecule has 2 aromatic rings. The number of hydrogen-bond acceptors (Lipinski definition) is 2. The zero-order chi connectivity index (χ0) is 15.4. The highest BCUT2D eigenvalue weighted by atomic mass is 79.9. The number of carboxylic acid groups (broad SMARTS) is 1. The molecule has 2 N–H and O–H groups in total. The molecule has 21 heavy (non-hydrogen) atoms. The maximum Gasteiger partial charge on any atom is 0.336 e. The number of aromatic carboxylic acids is 1. The third-order valence-corrected chi connectivity index (χ3v) is 3.92. The highest BCUT2D eigenvalue weighted by molar-refractivity contribution is 9.10. The quantitative estimate of drug-likeness (QED) is 0.794. The van der Waals surface area contributed by atoms with E-state index in [0.29, 0.717) is 10.2 Å². The van der Waals surface area contributed by atoms with Gasteiger partial charge in [-0.05, 0) is 51.8 Å². The highest BCUT2D eigenvalue weighted by Gasteiger charge is 2.11. The average Bonchev–Trinajstić information content (AvgIpc) is 2.40. The number of benzene rings is 2. The van der Waals surface area contributed by atoms with Crippen molar-refractivity contribution in [2.24, 2.45) is 0 Å². The maximum atomic E-state index is 12.0. The molecule has 2 aromatic carbocycles. The summed E-state index contributed by atoms with van der Waals surface area (Å²) in [6.45, 7) is 0. The van der Waals surface area contributed by atoms with Crippen LogP contribution in [0.25, 0.3) is 0 Å². The third-order valence-electron chi connectivity index (χ3n) is 2.73. The fraction of sp³-hybridized carbons (Fsp3) is 0.0667. The van der Waals surface area contributed by atoms with Crippen molar-refractivity contribution in [2.75, 3.05) is 5.32 Å². The Morgan fingerprint density at radius 1 is 1.10 bits per heavy atom. The van der Waals surface area contributed by atoms with Crippen LogP contribution in [0, 0.1) is 0 Å². The van der Waals surface area contributed by atoms with Gasteiger partial charge in [0.1, 0.15) is 0 Å². The smallest absolute Gasteiger partial charge is 0.336 e. The summed E-state index contributed by atoms with van der Waals surface area (Å²) in [6.07, 6.45) is 0.220. The van der Waals surface area contributed by atoms with Gasteiger partial charge in [-0.15, -0.1) is 0 Å².